The number of ether oxygens (including phenoxy) is 1. The zero-order valence-corrected chi connectivity index (χ0v) is 25.2. The molecule has 0 spiro atoms. The number of benzene rings is 1. The lowest BCUT2D eigenvalue weighted by atomic mass is 10.1. The number of fused-ring (bicyclic) bond motifs is 1. The molecule has 1 aromatic carbocycles. The maximum atomic E-state index is 14.5. The van der Waals surface area contributed by atoms with Crippen molar-refractivity contribution in [1.82, 2.24) is 20.2 Å². The second-order valence-corrected chi connectivity index (χ2v) is 11.2. The van der Waals surface area contributed by atoms with Crippen LogP contribution in [-0.4, -0.2) is 103 Å². The van der Waals surface area contributed by atoms with Crippen LogP contribution >= 0.6 is 0 Å². The van der Waals surface area contributed by atoms with Crippen molar-refractivity contribution < 1.29 is 33.0 Å². The summed E-state index contributed by atoms with van der Waals surface area (Å²) >= 11 is 0. The number of piperidine rings is 1. The number of hydrogen-bond donors (Lipinski definition) is 4. The molecule has 3 aliphatic rings. The second-order valence-electron chi connectivity index (χ2n) is 11.2. The van der Waals surface area contributed by atoms with Crippen LogP contribution in [0, 0.1) is 0 Å². The summed E-state index contributed by atoms with van der Waals surface area (Å²) < 4.78 is 34.3. The average Bonchev–Trinajstić information content (AvgIpc) is 3.53. The average molecular weight is 619 g/mol. The molecular formula is C29H40F2N8O5. The molecule has 1 aliphatic carbocycles. The number of carboxylic acids is 1. The molecule has 0 unspecified atom stereocenters. The highest BCUT2D eigenvalue weighted by Gasteiger charge is 2.46. The fraction of sp³-hybridized carbons (Fsp3) is 0.552. The SMILES string of the molecule is CNC(=O)CN1CCC(N)CC1.COc1cc(C(=O)O)ccc1N(C)c1ncc2c(n1)N(C1CCCC1)CC(F)(F)C(=O)N2. The lowest BCUT2D eigenvalue weighted by molar-refractivity contribution is -0.138. The Hall–Kier alpha value is -4.11. The van der Waals surface area contributed by atoms with Crippen molar-refractivity contribution in [2.24, 2.45) is 5.73 Å². The molecule has 5 rings (SSSR count). The first-order valence-corrected chi connectivity index (χ1v) is 14.6. The molecule has 1 saturated carbocycles. The normalized spacial score (nSPS) is 18.8. The van der Waals surface area contributed by atoms with E-state index in [0.29, 0.717) is 24.0 Å². The number of nitrogens with two attached hydrogens (primary N) is 1. The van der Waals surface area contributed by atoms with Crippen LogP contribution in [0.5, 0.6) is 5.75 Å². The standard InChI is InChI=1S/C21H23F2N5O4.C8H17N3O/c1-27(15-8-7-12(18(29)30)9-16(15)32-2)20-24-10-14-17(26-20)28(13-5-3-4-6-13)11-21(22,23)19(31)25-14;1-10-8(12)6-11-4-2-7(9)3-5-11/h7-10,13H,3-6,11H2,1-2H3,(H,25,31)(H,29,30);7H,2-6,9H2,1H3,(H,10,12). The minimum absolute atomic E-state index is 0.0548. The predicted molar refractivity (Wildman–Crippen MR) is 161 cm³/mol. The maximum absolute atomic E-state index is 14.5. The lowest BCUT2D eigenvalue weighted by Crippen LogP contribution is -2.46. The fourth-order valence-corrected chi connectivity index (χ4v) is 5.51. The number of amides is 2. The van der Waals surface area contributed by atoms with E-state index in [-0.39, 0.29) is 35.0 Å². The zero-order chi connectivity index (χ0) is 32.0. The molecule has 0 bridgehead atoms. The number of nitrogens with one attached hydrogen (secondary N) is 2. The summed E-state index contributed by atoms with van der Waals surface area (Å²) in [5, 5.41) is 14.1. The summed E-state index contributed by atoms with van der Waals surface area (Å²) in [7, 11) is 4.73. The number of nitrogens with zero attached hydrogens (tertiary/aromatic N) is 5. The first-order chi connectivity index (χ1) is 20.9. The van der Waals surface area contributed by atoms with Gasteiger partial charge in [0, 0.05) is 39.3 Å². The van der Waals surface area contributed by atoms with E-state index in [1.165, 1.54) is 30.3 Å². The number of likely N-dealkylation sites (N-methyl/N-ethyl adjacent to an activating group) is 1. The molecule has 0 radical (unpaired) electrons. The number of carbonyl (C=O) groups is 3. The molecule has 13 nitrogen and oxygen atoms in total. The number of likely N-dealkylation sites (tertiary alicyclic amines) is 1. The quantitative estimate of drug-likeness (QED) is 0.360. The molecule has 2 aliphatic heterocycles. The number of alkyl halides is 2. The molecule has 15 heteroatoms. The largest absolute Gasteiger partial charge is 0.495 e. The van der Waals surface area contributed by atoms with Gasteiger partial charge in [-0.3, -0.25) is 14.5 Å². The van der Waals surface area contributed by atoms with Gasteiger partial charge in [-0.05, 0) is 43.9 Å². The van der Waals surface area contributed by atoms with Crippen molar-refractivity contribution in [2.75, 3.05) is 62.5 Å². The maximum Gasteiger partial charge on any atom is 0.341 e. The Morgan fingerprint density at radius 2 is 1.91 bits per heavy atom. The van der Waals surface area contributed by atoms with E-state index >= 15 is 0 Å². The number of carbonyl (C=O) groups excluding carboxylic acids is 2. The summed E-state index contributed by atoms with van der Waals surface area (Å²) in [5.41, 5.74) is 6.41. The number of carboxylic acid groups (broad SMARTS) is 1. The van der Waals surface area contributed by atoms with Gasteiger partial charge >= 0.3 is 11.9 Å². The first-order valence-electron chi connectivity index (χ1n) is 14.6. The van der Waals surface area contributed by atoms with Crippen LogP contribution in [0.3, 0.4) is 0 Å². The Labute approximate surface area is 254 Å². The number of methoxy groups -OCH3 is 1. The minimum atomic E-state index is -3.56. The highest BCUT2D eigenvalue weighted by Crippen LogP contribution is 2.39. The summed E-state index contributed by atoms with van der Waals surface area (Å²) in [5.74, 6) is -5.24. The van der Waals surface area contributed by atoms with Crippen LogP contribution in [0.4, 0.5) is 31.9 Å². The summed E-state index contributed by atoms with van der Waals surface area (Å²) in [4.78, 5) is 48.3. The summed E-state index contributed by atoms with van der Waals surface area (Å²) in [6, 6.07) is 4.55. The van der Waals surface area contributed by atoms with Crippen molar-refractivity contribution in [3.8, 4) is 5.75 Å². The van der Waals surface area contributed by atoms with E-state index in [0.717, 1.165) is 51.6 Å². The van der Waals surface area contributed by atoms with Gasteiger partial charge in [0.15, 0.2) is 5.82 Å². The third-order valence-electron chi connectivity index (χ3n) is 8.11. The Bertz CT molecular complexity index is 1350. The van der Waals surface area contributed by atoms with Crippen LogP contribution in [0.2, 0.25) is 0 Å². The molecular weight excluding hydrogens is 578 g/mol. The van der Waals surface area contributed by atoms with Gasteiger partial charge in [-0.2, -0.15) is 13.8 Å². The third-order valence-corrected chi connectivity index (χ3v) is 8.11. The van der Waals surface area contributed by atoms with E-state index in [1.54, 1.807) is 25.1 Å². The predicted octanol–water partition coefficient (Wildman–Crippen LogP) is 2.44. The van der Waals surface area contributed by atoms with Gasteiger partial charge in [-0.1, -0.05) is 12.8 Å². The van der Waals surface area contributed by atoms with Gasteiger partial charge < -0.3 is 36.0 Å². The number of aromatic carboxylic acids is 1. The molecule has 44 heavy (non-hydrogen) atoms. The van der Waals surface area contributed by atoms with Gasteiger partial charge in [0.05, 0.1) is 37.6 Å². The van der Waals surface area contributed by atoms with E-state index < -0.39 is 24.3 Å². The Morgan fingerprint density at radius 1 is 1.23 bits per heavy atom. The second kappa shape index (κ2) is 14.1. The van der Waals surface area contributed by atoms with Crippen molar-refractivity contribution >= 4 is 40.9 Å². The van der Waals surface area contributed by atoms with Crippen molar-refractivity contribution in [3.63, 3.8) is 0 Å². The lowest BCUT2D eigenvalue weighted by Gasteiger charge is -2.31. The molecule has 5 N–H and O–H groups in total. The fourth-order valence-electron chi connectivity index (χ4n) is 5.51. The molecule has 2 amide bonds. The summed E-state index contributed by atoms with van der Waals surface area (Å²) in [6.45, 7) is 1.67. The smallest absolute Gasteiger partial charge is 0.341 e. The van der Waals surface area contributed by atoms with E-state index in [4.69, 9.17) is 10.5 Å². The van der Waals surface area contributed by atoms with Crippen LogP contribution in [-0.2, 0) is 9.59 Å². The Morgan fingerprint density at radius 3 is 2.52 bits per heavy atom. The highest BCUT2D eigenvalue weighted by atomic mass is 19.3. The van der Waals surface area contributed by atoms with Crippen LogP contribution < -0.4 is 30.9 Å². The molecule has 1 saturated heterocycles. The zero-order valence-electron chi connectivity index (χ0n) is 25.2. The third kappa shape index (κ3) is 7.69. The molecule has 2 fully saturated rings. The number of anilines is 4. The Balaban J connectivity index is 0.000000309. The topological polar surface area (TPSA) is 166 Å². The number of halogens is 2. The van der Waals surface area contributed by atoms with E-state index in [1.807, 2.05) is 0 Å². The van der Waals surface area contributed by atoms with Crippen molar-refractivity contribution in [2.45, 2.75) is 56.5 Å². The van der Waals surface area contributed by atoms with Crippen LogP contribution in [0.25, 0.3) is 0 Å². The molecule has 0 atom stereocenters. The number of hydrogen-bond acceptors (Lipinski definition) is 10. The summed E-state index contributed by atoms with van der Waals surface area (Å²) in [6.07, 6.45) is 6.66. The van der Waals surface area contributed by atoms with Gasteiger partial charge in [0.1, 0.15) is 11.4 Å². The van der Waals surface area contributed by atoms with Crippen molar-refractivity contribution in [3.05, 3.63) is 30.0 Å². The molecule has 240 valence electrons. The van der Waals surface area contributed by atoms with Gasteiger partial charge in [-0.15, -0.1) is 0 Å². The minimum Gasteiger partial charge on any atom is -0.495 e. The van der Waals surface area contributed by atoms with Crippen molar-refractivity contribution in [1.29, 1.82) is 0 Å². The van der Waals surface area contributed by atoms with E-state index in [2.05, 4.69) is 25.5 Å². The molecule has 1 aromatic heterocycles. The molecule has 3 heterocycles. The van der Waals surface area contributed by atoms with E-state index in [9.17, 15) is 28.3 Å². The van der Waals surface area contributed by atoms with Gasteiger partial charge in [0.2, 0.25) is 11.9 Å². The molecule has 2 aromatic rings. The Kier molecular flexibility index (Phi) is 10.5. The highest BCUT2D eigenvalue weighted by molar-refractivity contribution is 6.00. The van der Waals surface area contributed by atoms with Crippen LogP contribution in [0.1, 0.15) is 48.9 Å². The number of aromatic nitrogens is 2. The number of rotatable bonds is 7. The monoisotopic (exact) mass is 618 g/mol. The van der Waals surface area contributed by atoms with Gasteiger partial charge in [-0.25, -0.2) is 9.78 Å². The first kappa shape index (κ1) is 32.8. The van der Waals surface area contributed by atoms with Crippen LogP contribution in [0.15, 0.2) is 24.4 Å². The van der Waals surface area contributed by atoms with Gasteiger partial charge in [0.25, 0.3) is 5.91 Å².